The molecule has 1 unspecified atom stereocenters. The second-order valence-electron chi connectivity index (χ2n) is 5.54. The van der Waals surface area contributed by atoms with E-state index in [-0.39, 0.29) is 0 Å². The molecule has 23 heavy (non-hydrogen) atoms. The van der Waals surface area contributed by atoms with Crippen molar-refractivity contribution in [2.24, 2.45) is 0 Å². The fraction of sp³-hybridized carbons (Fsp3) is 0.143. The van der Waals surface area contributed by atoms with Gasteiger partial charge in [0.1, 0.15) is 0 Å². The van der Waals surface area contributed by atoms with Crippen LogP contribution >= 0.6 is 7.92 Å². The fourth-order valence-corrected chi connectivity index (χ4v) is 5.10. The average molecular weight is 320 g/mol. The first-order valence-corrected chi connectivity index (χ1v) is 9.48. The van der Waals surface area contributed by atoms with Crippen LogP contribution in [0.5, 0.6) is 0 Å². The molecule has 0 aromatic heterocycles. The van der Waals surface area contributed by atoms with Crippen LogP contribution in [0.2, 0.25) is 0 Å². The van der Waals surface area contributed by atoms with E-state index in [0.29, 0.717) is 0 Å². The van der Waals surface area contributed by atoms with E-state index >= 15 is 0 Å². The second kappa shape index (κ2) is 8.06. The Morgan fingerprint density at radius 1 is 0.652 bits per heavy atom. The largest absolute Gasteiger partial charge is 0.388 e. The highest BCUT2D eigenvalue weighted by atomic mass is 31.1. The Morgan fingerprint density at radius 3 is 1.57 bits per heavy atom. The summed E-state index contributed by atoms with van der Waals surface area (Å²) >= 11 is 0. The van der Waals surface area contributed by atoms with Crippen molar-refractivity contribution < 1.29 is 5.11 Å². The van der Waals surface area contributed by atoms with Gasteiger partial charge in [-0.2, -0.15) is 0 Å². The van der Waals surface area contributed by atoms with Gasteiger partial charge < -0.3 is 5.11 Å². The Kier molecular flexibility index (Phi) is 5.58. The first kappa shape index (κ1) is 15.9. The van der Waals surface area contributed by atoms with Crippen molar-refractivity contribution in [2.75, 3.05) is 6.16 Å². The molecule has 1 nitrogen and oxygen atoms in total. The molecule has 3 aromatic carbocycles. The Hall–Kier alpha value is -1.95. The van der Waals surface area contributed by atoms with E-state index in [0.717, 1.165) is 18.1 Å². The molecule has 1 N–H and O–H groups in total. The summed E-state index contributed by atoms with van der Waals surface area (Å²) in [6, 6.07) is 31.3. The lowest BCUT2D eigenvalue weighted by Crippen LogP contribution is -2.15. The summed E-state index contributed by atoms with van der Waals surface area (Å²) < 4.78 is 0. The highest BCUT2D eigenvalue weighted by molar-refractivity contribution is 7.73. The molecule has 0 spiro atoms. The van der Waals surface area contributed by atoms with Gasteiger partial charge in [0.25, 0.3) is 0 Å². The van der Waals surface area contributed by atoms with Crippen LogP contribution in [0, 0.1) is 0 Å². The third-order valence-electron chi connectivity index (χ3n) is 3.95. The summed E-state index contributed by atoms with van der Waals surface area (Å²) in [6.45, 7) is 0. The molecule has 0 amide bonds. The van der Waals surface area contributed by atoms with Gasteiger partial charge in [-0.3, -0.25) is 0 Å². The quantitative estimate of drug-likeness (QED) is 0.674. The number of hydrogen-bond acceptors (Lipinski definition) is 1. The van der Waals surface area contributed by atoms with Gasteiger partial charge >= 0.3 is 0 Å². The molecular formula is C21H21OP. The molecule has 0 aliphatic heterocycles. The normalized spacial score (nSPS) is 12.3. The molecule has 2 heteroatoms. The number of benzene rings is 3. The standard InChI is InChI=1S/C21H21OP/c22-21(18-10-4-1-5-11-18)16-17-23(19-12-6-2-7-13-19)20-14-8-3-9-15-20/h1-15,21-22H,16-17H2. The Morgan fingerprint density at radius 2 is 1.09 bits per heavy atom. The summed E-state index contributed by atoms with van der Waals surface area (Å²) in [5.41, 5.74) is 1.00. The maximum absolute atomic E-state index is 10.5. The smallest absolute Gasteiger partial charge is 0.0793 e. The zero-order valence-electron chi connectivity index (χ0n) is 13.0. The Bertz CT molecular complexity index is 658. The molecule has 0 heterocycles. The number of hydrogen-bond donors (Lipinski definition) is 1. The van der Waals surface area contributed by atoms with Gasteiger partial charge in [-0.15, -0.1) is 0 Å². The van der Waals surface area contributed by atoms with Crippen LogP contribution in [-0.4, -0.2) is 11.3 Å². The molecule has 3 rings (SSSR count). The summed E-state index contributed by atoms with van der Waals surface area (Å²) in [5.74, 6) is 0. The summed E-state index contributed by atoms with van der Waals surface area (Å²) in [7, 11) is -0.434. The molecule has 0 fully saturated rings. The van der Waals surface area contributed by atoms with E-state index in [1.54, 1.807) is 0 Å². The van der Waals surface area contributed by atoms with Gasteiger partial charge in [-0.05, 0) is 36.7 Å². The summed E-state index contributed by atoms with van der Waals surface area (Å²) in [6.07, 6.45) is 1.37. The first-order chi connectivity index (χ1) is 11.3. The third-order valence-corrected chi connectivity index (χ3v) is 6.49. The highest BCUT2D eigenvalue weighted by Gasteiger charge is 2.16. The molecular weight excluding hydrogens is 299 g/mol. The van der Waals surface area contributed by atoms with Crippen molar-refractivity contribution >= 4 is 18.5 Å². The highest BCUT2D eigenvalue weighted by Crippen LogP contribution is 2.36. The van der Waals surface area contributed by atoms with Gasteiger partial charge in [0.2, 0.25) is 0 Å². The van der Waals surface area contributed by atoms with Crippen LogP contribution in [0.3, 0.4) is 0 Å². The van der Waals surface area contributed by atoms with Gasteiger partial charge in [-0.25, -0.2) is 0 Å². The van der Waals surface area contributed by atoms with Gasteiger partial charge in [0.05, 0.1) is 6.10 Å². The van der Waals surface area contributed by atoms with Crippen molar-refractivity contribution in [1.29, 1.82) is 0 Å². The minimum absolute atomic E-state index is 0.395. The van der Waals surface area contributed by atoms with E-state index in [4.69, 9.17) is 0 Å². The van der Waals surface area contributed by atoms with Crippen LogP contribution in [0.15, 0.2) is 91.0 Å². The molecule has 0 aliphatic carbocycles. The third kappa shape index (κ3) is 4.28. The molecule has 0 saturated heterocycles. The number of rotatable bonds is 6. The molecule has 1 atom stereocenters. The Balaban J connectivity index is 1.77. The zero-order chi connectivity index (χ0) is 15.9. The summed E-state index contributed by atoms with van der Waals surface area (Å²) in [4.78, 5) is 0. The van der Waals surface area contributed by atoms with Crippen molar-refractivity contribution in [3.05, 3.63) is 96.6 Å². The topological polar surface area (TPSA) is 20.2 Å². The van der Waals surface area contributed by atoms with Crippen LogP contribution in [-0.2, 0) is 0 Å². The fourth-order valence-electron chi connectivity index (χ4n) is 2.72. The lowest BCUT2D eigenvalue weighted by Gasteiger charge is -2.20. The van der Waals surface area contributed by atoms with E-state index < -0.39 is 14.0 Å². The molecule has 3 aromatic rings. The minimum atomic E-state index is -0.434. The predicted molar refractivity (Wildman–Crippen MR) is 100.0 cm³/mol. The average Bonchev–Trinajstić information content (AvgIpc) is 2.64. The van der Waals surface area contributed by atoms with Crippen molar-refractivity contribution in [1.82, 2.24) is 0 Å². The first-order valence-electron chi connectivity index (χ1n) is 7.95. The van der Waals surface area contributed by atoms with Crippen molar-refractivity contribution in [3.8, 4) is 0 Å². The predicted octanol–water partition coefficient (Wildman–Crippen LogP) is 4.24. The zero-order valence-corrected chi connectivity index (χ0v) is 13.9. The van der Waals surface area contributed by atoms with Crippen LogP contribution in [0.4, 0.5) is 0 Å². The number of aliphatic hydroxyl groups excluding tert-OH is 1. The van der Waals surface area contributed by atoms with E-state index in [1.807, 2.05) is 30.3 Å². The monoisotopic (exact) mass is 320 g/mol. The molecule has 0 aliphatic rings. The molecule has 116 valence electrons. The van der Waals surface area contributed by atoms with Gasteiger partial charge in [0.15, 0.2) is 0 Å². The molecule has 0 saturated carbocycles. The number of aliphatic hydroxyl groups is 1. The Labute approximate surface area is 139 Å². The maximum Gasteiger partial charge on any atom is 0.0793 e. The van der Waals surface area contributed by atoms with E-state index in [9.17, 15) is 5.11 Å². The summed E-state index contributed by atoms with van der Waals surface area (Å²) in [5, 5.41) is 13.2. The maximum atomic E-state index is 10.5. The van der Waals surface area contributed by atoms with Gasteiger partial charge in [-0.1, -0.05) is 91.0 Å². The van der Waals surface area contributed by atoms with Crippen LogP contribution < -0.4 is 10.6 Å². The lowest BCUT2D eigenvalue weighted by molar-refractivity contribution is 0.175. The van der Waals surface area contributed by atoms with Gasteiger partial charge in [0, 0.05) is 0 Å². The van der Waals surface area contributed by atoms with Crippen LogP contribution in [0.1, 0.15) is 18.1 Å². The lowest BCUT2D eigenvalue weighted by atomic mass is 10.1. The molecule has 0 radical (unpaired) electrons. The minimum Gasteiger partial charge on any atom is -0.388 e. The molecule has 0 bridgehead atoms. The SMILES string of the molecule is OC(CCP(c1ccccc1)c1ccccc1)c1ccccc1. The van der Waals surface area contributed by atoms with E-state index in [2.05, 4.69) is 60.7 Å². The second-order valence-corrected chi connectivity index (χ2v) is 7.87. The van der Waals surface area contributed by atoms with E-state index in [1.165, 1.54) is 10.6 Å². The van der Waals surface area contributed by atoms with Crippen molar-refractivity contribution in [2.45, 2.75) is 12.5 Å². The van der Waals surface area contributed by atoms with Crippen LogP contribution in [0.25, 0.3) is 0 Å². The van der Waals surface area contributed by atoms with Crippen molar-refractivity contribution in [3.63, 3.8) is 0 Å².